The second kappa shape index (κ2) is 7.68. The predicted octanol–water partition coefficient (Wildman–Crippen LogP) is 3.96. The van der Waals surface area contributed by atoms with Gasteiger partial charge in [0, 0.05) is 11.5 Å². The van der Waals surface area contributed by atoms with Gasteiger partial charge in [0.15, 0.2) is 5.16 Å². The van der Waals surface area contributed by atoms with Gasteiger partial charge < -0.3 is 9.72 Å². The van der Waals surface area contributed by atoms with E-state index < -0.39 is 0 Å². The zero-order valence-corrected chi connectivity index (χ0v) is 15.8. The maximum atomic E-state index is 6.34. The Labute approximate surface area is 155 Å². The van der Waals surface area contributed by atoms with Gasteiger partial charge in [-0.2, -0.15) is 0 Å². The first kappa shape index (κ1) is 17.5. The molecule has 0 amide bonds. The van der Waals surface area contributed by atoms with E-state index in [0.29, 0.717) is 22.2 Å². The van der Waals surface area contributed by atoms with Gasteiger partial charge >= 0.3 is 0 Å². The lowest BCUT2D eigenvalue weighted by Crippen LogP contribution is -2.25. The molecule has 0 aromatic carbocycles. The van der Waals surface area contributed by atoms with Crippen LogP contribution < -0.4 is 10.7 Å². The highest BCUT2D eigenvalue weighted by molar-refractivity contribution is 7.98. The number of ether oxygens (including phenoxy) is 1. The van der Waals surface area contributed by atoms with Crippen molar-refractivity contribution in [2.24, 2.45) is 0 Å². The number of halogens is 2. The Balaban J connectivity index is 1.99. The summed E-state index contributed by atoms with van der Waals surface area (Å²) in [6.45, 7) is 2.12. The Hall–Kier alpha value is -1.36. The first-order valence-corrected chi connectivity index (χ1v) is 9.71. The van der Waals surface area contributed by atoms with Crippen molar-refractivity contribution < 1.29 is 4.74 Å². The van der Waals surface area contributed by atoms with Crippen LogP contribution in [0.15, 0.2) is 50.9 Å². The molecule has 0 saturated heterocycles. The van der Waals surface area contributed by atoms with Crippen molar-refractivity contribution in [3.63, 3.8) is 0 Å². The summed E-state index contributed by atoms with van der Waals surface area (Å²) in [4.78, 5) is 7.92. The molecule has 0 radical (unpaired) electrons. The van der Waals surface area contributed by atoms with Crippen molar-refractivity contribution >= 4 is 47.1 Å². The highest BCUT2D eigenvalue weighted by Gasteiger charge is 2.16. The molecule has 3 nitrogen and oxygen atoms in total. The summed E-state index contributed by atoms with van der Waals surface area (Å²) in [6, 6.07) is 0. The molecule has 2 aliphatic carbocycles. The lowest BCUT2D eigenvalue weighted by molar-refractivity contribution is 0.212. The van der Waals surface area contributed by atoms with E-state index in [-0.39, 0.29) is 6.10 Å². The summed E-state index contributed by atoms with van der Waals surface area (Å²) in [6.07, 6.45) is 15.2. The summed E-state index contributed by atoms with van der Waals surface area (Å²) in [7, 11) is 0. The SMILES string of the molecule is CCC1=CC(OC2=CC=CCC(Cl)=C2Cl)C=c2nc(SC)[nH]c2=C1. The smallest absolute Gasteiger partial charge is 0.166 e. The van der Waals surface area contributed by atoms with Crippen LogP contribution >= 0.6 is 35.0 Å². The fourth-order valence-corrected chi connectivity index (χ4v) is 3.28. The summed E-state index contributed by atoms with van der Waals surface area (Å²) in [5.41, 5.74) is 1.18. The number of nitrogens with zero attached hydrogens (tertiary/aromatic N) is 1. The molecule has 0 saturated carbocycles. The quantitative estimate of drug-likeness (QED) is 0.803. The van der Waals surface area contributed by atoms with Gasteiger partial charge in [-0.3, -0.25) is 0 Å². The molecule has 0 bridgehead atoms. The van der Waals surface area contributed by atoms with E-state index in [1.54, 1.807) is 11.8 Å². The van der Waals surface area contributed by atoms with Crippen LogP contribution in [0.25, 0.3) is 12.2 Å². The van der Waals surface area contributed by atoms with Crippen LogP contribution in [-0.4, -0.2) is 22.3 Å². The lowest BCUT2D eigenvalue weighted by atomic mass is 10.1. The number of thioether (sulfide) groups is 1. The van der Waals surface area contributed by atoms with E-state index in [1.165, 1.54) is 5.57 Å². The molecule has 2 aliphatic rings. The van der Waals surface area contributed by atoms with Crippen LogP contribution in [0.2, 0.25) is 0 Å². The van der Waals surface area contributed by atoms with Crippen LogP contribution in [0.5, 0.6) is 0 Å². The van der Waals surface area contributed by atoms with Crippen molar-refractivity contribution in [1.82, 2.24) is 9.97 Å². The van der Waals surface area contributed by atoms with Crippen molar-refractivity contribution in [3.8, 4) is 0 Å². The minimum atomic E-state index is -0.258. The molecule has 0 spiro atoms. The third kappa shape index (κ3) is 3.82. The third-order valence-corrected chi connectivity index (χ3v) is 5.20. The van der Waals surface area contributed by atoms with Gasteiger partial charge in [0.05, 0.1) is 15.7 Å². The Morgan fingerprint density at radius 3 is 2.96 bits per heavy atom. The molecule has 24 heavy (non-hydrogen) atoms. The number of fused-ring (bicyclic) bond motifs is 1. The first-order valence-electron chi connectivity index (χ1n) is 7.73. The topological polar surface area (TPSA) is 37.9 Å². The van der Waals surface area contributed by atoms with E-state index in [4.69, 9.17) is 27.9 Å². The highest BCUT2D eigenvalue weighted by atomic mass is 35.5. The van der Waals surface area contributed by atoms with Crippen LogP contribution in [0.3, 0.4) is 0 Å². The maximum Gasteiger partial charge on any atom is 0.166 e. The maximum absolute atomic E-state index is 6.34. The molecule has 126 valence electrons. The van der Waals surface area contributed by atoms with Gasteiger partial charge in [0.25, 0.3) is 0 Å². The monoisotopic (exact) mass is 380 g/mol. The molecule has 1 N–H and O–H groups in total. The predicted molar refractivity (Wildman–Crippen MR) is 102 cm³/mol. The fourth-order valence-electron chi connectivity index (χ4n) is 2.51. The first-order chi connectivity index (χ1) is 11.6. The molecule has 1 heterocycles. The largest absolute Gasteiger partial charge is 0.481 e. The Bertz CT molecular complexity index is 877. The number of hydrogen-bond acceptors (Lipinski definition) is 3. The van der Waals surface area contributed by atoms with Crippen LogP contribution in [0.1, 0.15) is 19.8 Å². The number of aromatic amines is 1. The summed E-state index contributed by atoms with van der Waals surface area (Å²) >= 11 is 14.1. The molecule has 1 aromatic rings. The van der Waals surface area contributed by atoms with Crippen LogP contribution in [0, 0.1) is 0 Å². The minimum Gasteiger partial charge on any atom is -0.481 e. The summed E-state index contributed by atoms with van der Waals surface area (Å²) in [5, 5.41) is 3.83. The molecule has 1 unspecified atom stereocenters. The lowest BCUT2D eigenvalue weighted by Gasteiger charge is -2.15. The third-order valence-electron chi connectivity index (χ3n) is 3.77. The second-order valence-corrected chi connectivity index (χ2v) is 7.04. The van der Waals surface area contributed by atoms with E-state index in [0.717, 1.165) is 22.3 Å². The van der Waals surface area contributed by atoms with E-state index in [1.807, 2.05) is 30.6 Å². The molecular formula is C18H18Cl2N2OS. The van der Waals surface area contributed by atoms with Gasteiger partial charge in [0.2, 0.25) is 0 Å². The number of nitrogens with one attached hydrogen (secondary N) is 1. The Kier molecular flexibility index (Phi) is 5.59. The molecular weight excluding hydrogens is 363 g/mol. The number of rotatable bonds is 4. The average molecular weight is 381 g/mol. The van der Waals surface area contributed by atoms with E-state index in [9.17, 15) is 0 Å². The molecule has 0 aliphatic heterocycles. The second-order valence-electron chi connectivity index (χ2n) is 5.42. The van der Waals surface area contributed by atoms with Gasteiger partial charge in [-0.15, -0.1) is 0 Å². The standard InChI is InChI=1S/C18H18Cl2N2OS/c1-3-11-8-12(10-15-14(9-11)21-18(22-15)24-2)23-16-7-5-4-6-13(19)17(16)20/h4-5,7-10,12H,3,6H2,1-2H3,(H,21,22). The number of hydrogen-bond donors (Lipinski definition) is 1. The molecule has 1 aromatic heterocycles. The van der Waals surface area contributed by atoms with E-state index >= 15 is 0 Å². The minimum absolute atomic E-state index is 0.258. The van der Waals surface area contributed by atoms with Crippen molar-refractivity contribution in [2.45, 2.75) is 31.0 Å². The molecule has 6 heteroatoms. The van der Waals surface area contributed by atoms with Crippen molar-refractivity contribution in [1.29, 1.82) is 0 Å². The molecule has 3 rings (SSSR count). The number of imidazole rings is 1. The van der Waals surface area contributed by atoms with Crippen LogP contribution in [-0.2, 0) is 4.74 Å². The Morgan fingerprint density at radius 2 is 2.21 bits per heavy atom. The van der Waals surface area contributed by atoms with Gasteiger partial charge in [-0.05, 0) is 42.6 Å². The summed E-state index contributed by atoms with van der Waals surface area (Å²) < 4.78 is 6.13. The Morgan fingerprint density at radius 1 is 1.38 bits per heavy atom. The highest BCUT2D eigenvalue weighted by Crippen LogP contribution is 2.29. The van der Waals surface area contributed by atoms with Gasteiger partial charge in [-0.25, -0.2) is 4.98 Å². The zero-order chi connectivity index (χ0) is 17.1. The summed E-state index contributed by atoms with van der Waals surface area (Å²) in [5.74, 6) is 0.576. The van der Waals surface area contributed by atoms with Crippen LogP contribution in [0.4, 0.5) is 0 Å². The number of aromatic nitrogens is 2. The zero-order valence-electron chi connectivity index (χ0n) is 13.5. The average Bonchev–Trinajstić information content (AvgIpc) is 2.79. The van der Waals surface area contributed by atoms with Crippen molar-refractivity contribution in [2.75, 3.05) is 6.26 Å². The van der Waals surface area contributed by atoms with E-state index in [2.05, 4.69) is 29.0 Å². The molecule has 1 atom stereocenters. The molecule has 0 fully saturated rings. The van der Waals surface area contributed by atoms with Crippen molar-refractivity contribution in [3.05, 3.63) is 56.4 Å². The fraction of sp³-hybridized carbons (Fsp3) is 0.278. The van der Waals surface area contributed by atoms with Gasteiger partial charge in [-0.1, -0.05) is 54.0 Å². The number of H-pyrrole nitrogens is 1. The number of allylic oxidation sites excluding steroid dienone is 6. The van der Waals surface area contributed by atoms with Gasteiger partial charge in [0.1, 0.15) is 11.9 Å². The normalized spacial score (nSPS) is 20.2.